The molecular formula is C21H36N4O9. The van der Waals surface area contributed by atoms with Crippen molar-refractivity contribution in [1.29, 1.82) is 0 Å². The summed E-state index contributed by atoms with van der Waals surface area (Å²) in [6.45, 7) is 7.03. The normalized spacial score (nSPS) is 14.6. The third-order valence-electron chi connectivity index (χ3n) is 4.68. The van der Waals surface area contributed by atoms with Gasteiger partial charge in [0.2, 0.25) is 17.7 Å². The zero-order valence-corrected chi connectivity index (χ0v) is 19.9. The Kier molecular flexibility index (Phi) is 13.4. The molecule has 0 fully saturated rings. The van der Waals surface area contributed by atoms with Crippen molar-refractivity contribution >= 4 is 35.6 Å². The van der Waals surface area contributed by atoms with Gasteiger partial charge in [0.15, 0.2) is 0 Å². The van der Waals surface area contributed by atoms with Crippen molar-refractivity contribution < 1.29 is 44.1 Å². The van der Waals surface area contributed by atoms with Gasteiger partial charge in [0.25, 0.3) is 0 Å². The van der Waals surface area contributed by atoms with Gasteiger partial charge in [0.05, 0.1) is 12.5 Å². The minimum Gasteiger partial charge on any atom is -0.481 e. The van der Waals surface area contributed by atoms with Gasteiger partial charge >= 0.3 is 17.9 Å². The van der Waals surface area contributed by atoms with Crippen LogP contribution in [0.25, 0.3) is 0 Å². The molecule has 0 radical (unpaired) electrons. The summed E-state index contributed by atoms with van der Waals surface area (Å²) in [6, 6.07) is -5.24. The van der Waals surface area contributed by atoms with Gasteiger partial charge in [-0.05, 0) is 31.1 Å². The molecule has 0 aliphatic rings. The molecule has 3 amide bonds. The van der Waals surface area contributed by atoms with Crippen LogP contribution in [0, 0.1) is 11.8 Å². The highest BCUT2D eigenvalue weighted by Gasteiger charge is 2.32. The minimum absolute atomic E-state index is 0.0788. The first-order valence-corrected chi connectivity index (χ1v) is 11.0. The fourth-order valence-electron chi connectivity index (χ4n) is 3.01. The molecule has 0 bridgehead atoms. The second-order valence-electron chi connectivity index (χ2n) is 8.92. The van der Waals surface area contributed by atoms with Crippen LogP contribution in [-0.4, -0.2) is 75.1 Å². The van der Waals surface area contributed by atoms with Crippen LogP contribution in [0.4, 0.5) is 0 Å². The van der Waals surface area contributed by atoms with E-state index in [4.69, 9.17) is 15.9 Å². The highest BCUT2D eigenvalue weighted by molar-refractivity contribution is 5.95. The first-order chi connectivity index (χ1) is 15.6. The number of hydrogen-bond donors (Lipinski definition) is 7. The Morgan fingerprint density at radius 3 is 1.56 bits per heavy atom. The molecule has 4 atom stereocenters. The Balaban J connectivity index is 5.50. The predicted molar refractivity (Wildman–Crippen MR) is 119 cm³/mol. The molecule has 0 aliphatic carbocycles. The molecule has 0 saturated carbocycles. The molecule has 0 aromatic rings. The van der Waals surface area contributed by atoms with Crippen molar-refractivity contribution in [2.75, 3.05) is 0 Å². The maximum atomic E-state index is 12.8. The van der Waals surface area contributed by atoms with E-state index in [1.54, 1.807) is 27.7 Å². The van der Waals surface area contributed by atoms with Gasteiger partial charge in [-0.1, -0.05) is 27.7 Å². The SMILES string of the molecule is CC(C)CC(NC(=O)C(CC(=O)O)NC(=O)C(CC(C)C)NC(=O)C(N)CCC(=O)O)C(=O)O. The van der Waals surface area contributed by atoms with Crippen LogP contribution in [-0.2, 0) is 28.8 Å². The Bertz CT molecular complexity index is 755. The summed E-state index contributed by atoms with van der Waals surface area (Å²) in [5.74, 6) is -6.64. The van der Waals surface area contributed by atoms with E-state index in [1.165, 1.54) is 0 Å². The molecule has 13 heteroatoms. The molecule has 0 heterocycles. The van der Waals surface area contributed by atoms with E-state index in [1.807, 2.05) is 0 Å². The lowest BCUT2D eigenvalue weighted by atomic mass is 10.0. The van der Waals surface area contributed by atoms with E-state index in [2.05, 4.69) is 16.0 Å². The molecule has 0 aromatic heterocycles. The average molecular weight is 489 g/mol. The largest absolute Gasteiger partial charge is 0.481 e. The molecule has 0 aromatic carbocycles. The standard InChI is InChI=1S/C21H36N4O9/c1-10(2)7-13(23-18(30)12(22)5-6-16(26)27)19(31)24-14(9-17(28)29)20(32)25-15(21(33)34)8-11(3)4/h10-15H,5-9,22H2,1-4H3,(H,23,30)(H,24,31)(H,25,32)(H,26,27)(H,28,29)(H,33,34). The number of nitrogens with one attached hydrogen (secondary N) is 3. The summed E-state index contributed by atoms with van der Waals surface area (Å²) in [6.07, 6.45) is -1.11. The van der Waals surface area contributed by atoms with Gasteiger partial charge in [0.1, 0.15) is 18.1 Å². The van der Waals surface area contributed by atoms with Crippen LogP contribution in [0.2, 0.25) is 0 Å². The number of nitrogens with two attached hydrogens (primary N) is 1. The minimum atomic E-state index is -1.59. The first kappa shape index (κ1) is 30.8. The molecule has 34 heavy (non-hydrogen) atoms. The Labute approximate surface area is 197 Å². The fraction of sp³-hybridized carbons (Fsp3) is 0.714. The second kappa shape index (κ2) is 14.8. The third-order valence-corrected chi connectivity index (χ3v) is 4.68. The molecule has 0 rings (SSSR count). The van der Waals surface area contributed by atoms with E-state index in [0.29, 0.717) is 0 Å². The molecule has 0 saturated heterocycles. The van der Waals surface area contributed by atoms with Crippen LogP contribution in [0.3, 0.4) is 0 Å². The van der Waals surface area contributed by atoms with Gasteiger partial charge in [-0.3, -0.25) is 24.0 Å². The van der Waals surface area contributed by atoms with Crippen LogP contribution in [0.5, 0.6) is 0 Å². The lowest BCUT2D eigenvalue weighted by Crippen LogP contribution is -2.57. The lowest BCUT2D eigenvalue weighted by molar-refractivity contribution is -0.144. The zero-order valence-electron chi connectivity index (χ0n) is 19.9. The van der Waals surface area contributed by atoms with E-state index in [9.17, 15) is 33.9 Å². The maximum Gasteiger partial charge on any atom is 0.326 e. The quantitative estimate of drug-likeness (QED) is 0.144. The molecule has 0 aliphatic heterocycles. The number of carbonyl (C=O) groups is 6. The van der Waals surface area contributed by atoms with E-state index >= 15 is 0 Å². The van der Waals surface area contributed by atoms with Gasteiger partial charge in [0, 0.05) is 6.42 Å². The number of aliphatic carboxylic acids is 3. The van der Waals surface area contributed by atoms with Crippen LogP contribution >= 0.6 is 0 Å². The fourth-order valence-corrected chi connectivity index (χ4v) is 3.01. The molecule has 4 unspecified atom stereocenters. The predicted octanol–water partition coefficient (Wildman–Crippen LogP) is -0.716. The van der Waals surface area contributed by atoms with Crippen LogP contribution < -0.4 is 21.7 Å². The van der Waals surface area contributed by atoms with Gasteiger partial charge in [-0.15, -0.1) is 0 Å². The first-order valence-electron chi connectivity index (χ1n) is 11.0. The number of carboxylic acids is 3. The Hall–Kier alpha value is -3.22. The lowest BCUT2D eigenvalue weighted by Gasteiger charge is -2.25. The summed E-state index contributed by atoms with van der Waals surface area (Å²) < 4.78 is 0. The summed E-state index contributed by atoms with van der Waals surface area (Å²) in [5, 5.41) is 34.1. The van der Waals surface area contributed by atoms with Crippen molar-refractivity contribution in [2.24, 2.45) is 17.6 Å². The number of hydrogen-bond acceptors (Lipinski definition) is 7. The molecule has 0 spiro atoms. The van der Waals surface area contributed by atoms with Crippen molar-refractivity contribution in [3.05, 3.63) is 0 Å². The van der Waals surface area contributed by atoms with Gasteiger partial charge in [-0.25, -0.2) is 4.79 Å². The number of rotatable bonds is 16. The summed E-state index contributed by atoms with van der Waals surface area (Å²) >= 11 is 0. The number of carboxylic acid groups (broad SMARTS) is 3. The monoisotopic (exact) mass is 488 g/mol. The van der Waals surface area contributed by atoms with E-state index < -0.39 is 66.2 Å². The average Bonchev–Trinajstić information content (AvgIpc) is 2.68. The van der Waals surface area contributed by atoms with Crippen molar-refractivity contribution in [3.8, 4) is 0 Å². The summed E-state index contributed by atoms with van der Waals surface area (Å²) in [7, 11) is 0. The van der Waals surface area contributed by atoms with E-state index in [-0.39, 0.29) is 37.5 Å². The smallest absolute Gasteiger partial charge is 0.326 e. The molecule has 8 N–H and O–H groups in total. The van der Waals surface area contributed by atoms with Crippen molar-refractivity contribution in [3.63, 3.8) is 0 Å². The highest BCUT2D eigenvalue weighted by atomic mass is 16.4. The van der Waals surface area contributed by atoms with Crippen molar-refractivity contribution in [1.82, 2.24) is 16.0 Å². The maximum absolute atomic E-state index is 12.8. The van der Waals surface area contributed by atoms with Gasteiger partial charge < -0.3 is 37.0 Å². The van der Waals surface area contributed by atoms with Crippen LogP contribution in [0.15, 0.2) is 0 Å². The Morgan fingerprint density at radius 2 is 1.12 bits per heavy atom. The third kappa shape index (κ3) is 12.7. The summed E-state index contributed by atoms with van der Waals surface area (Å²) in [5.41, 5.74) is 5.68. The number of amides is 3. The highest BCUT2D eigenvalue weighted by Crippen LogP contribution is 2.09. The topological polar surface area (TPSA) is 225 Å². The molecule has 13 nitrogen and oxygen atoms in total. The van der Waals surface area contributed by atoms with Crippen LogP contribution in [0.1, 0.15) is 59.8 Å². The number of carbonyl (C=O) groups excluding carboxylic acids is 3. The molecular weight excluding hydrogens is 452 g/mol. The Morgan fingerprint density at radius 1 is 0.676 bits per heavy atom. The zero-order chi connectivity index (χ0) is 26.6. The van der Waals surface area contributed by atoms with Gasteiger partial charge in [-0.2, -0.15) is 0 Å². The molecule has 194 valence electrons. The second-order valence-corrected chi connectivity index (χ2v) is 8.92. The van der Waals surface area contributed by atoms with E-state index in [0.717, 1.165) is 0 Å². The summed E-state index contributed by atoms with van der Waals surface area (Å²) in [4.78, 5) is 71.2. The van der Waals surface area contributed by atoms with Crippen molar-refractivity contribution in [2.45, 2.75) is 84.0 Å².